The van der Waals surface area contributed by atoms with Gasteiger partial charge in [-0.15, -0.1) is 0 Å². The summed E-state index contributed by atoms with van der Waals surface area (Å²) in [6.45, 7) is 9.09. The van der Waals surface area contributed by atoms with Crippen LogP contribution in [0.5, 0.6) is 0 Å². The topological polar surface area (TPSA) is 60.1 Å². The molecule has 0 atom stereocenters. The van der Waals surface area contributed by atoms with Gasteiger partial charge in [-0.1, -0.05) is 35.8 Å². The third kappa shape index (κ3) is 5.61. The second-order valence-corrected chi connectivity index (χ2v) is 8.26. The second kappa shape index (κ2) is 10.6. The lowest BCUT2D eigenvalue weighted by atomic mass is 10.0. The van der Waals surface area contributed by atoms with E-state index in [1.165, 1.54) is 43.5 Å². The highest BCUT2D eigenvalue weighted by atomic mass is 16.5. The minimum absolute atomic E-state index is 0.815. The zero-order valence-electron chi connectivity index (χ0n) is 18.1. The minimum atomic E-state index is 0.815. The predicted molar refractivity (Wildman–Crippen MR) is 119 cm³/mol. The van der Waals surface area contributed by atoms with E-state index in [4.69, 9.17) is 4.52 Å². The van der Waals surface area contributed by atoms with E-state index in [-0.39, 0.29) is 0 Å². The molecule has 1 aromatic heterocycles. The first-order valence-electron chi connectivity index (χ1n) is 11.2. The van der Waals surface area contributed by atoms with Crippen LogP contribution >= 0.6 is 0 Å². The smallest absolute Gasteiger partial charge is 0.194 e. The molecule has 7 heteroatoms. The summed E-state index contributed by atoms with van der Waals surface area (Å²) in [6.07, 6.45) is 5.67. The van der Waals surface area contributed by atoms with E-state index in [0.29, 0.717) is 0 Å². The minimum Gasteiger partial charge on any atom is -0.364 e. The average Bonchev–Trinajstić information content (AvgIpc) is 3.30. The highest BCUT2D eigenvalue weighted by Crippen LogP contribution is 2.16. The van der Waals surface area contributed by atoms with Crippen LogP contribution in [0.3, 0.4) is 0 Å². The van der Waals surface area contributed by atoms with Gasteiger partial charge >= 0.3 is 0 Å². The van der Waals surface area contributed by atoms with Crippen molar-refractivity contribution in [2.24, 2.45) is 4.99 Å². The summed E-state index contributed by atoms with van der Waals surface area (Å²) in [7, 11) is 1.88. The number of rotatable bonds is 6. The number of piperidine rings is 1. The lowest BCUT2D eigenvalue weighted by Gasteiger charge is -2.36. The standard InChI is InChI=1S/C23H34N6O/c1-24-23(29-14-12-28(13-15-29)19-22-9-16-30-26-22)25-17-20-7-3-4-8-21(20)18-27-10-5-2-6-11-27/h3-4,7-9,16H,2,5-6,10-15,17-19H2,1H3,(H,24,25). The van der Waals surface area contributed by atoms with E-state index < -0.39 is 0 Å². The summed E-state index contributed by atoms with van der Waals surface area (Å²) in [4.78, 5) is 11.9. The number of benzene rings is 1. The Labute approximate surface area is 179 Å². The Morgan fingerprint density at radius 1 is 0.933 bits per heavy atom. The molecule has 7 nitrogen and oxygen atoms in total. The van der Waals surface area contributed by atoms with Crippen molar-refractivity contribution in [2.75, 3.05) is 46.3 Å². The molecule has 2 fully saturated rings. The van der Waals surface area contributed by atoms with Gasteiger partial charge in [0.2, 0.25) is 0 Å². The van der Waals surface area contributed by atoms with Crippen molar-refractivity contribution in [2.45, 2.75) is 38.9 Å². The van der Waals surface area contributed by atoms with Gasteiger partial charge in [-0.2, -0.15) is 0 Å². The van der Waals surface area contributed by atoms with E-state index in [0.717, 1.165) is 57.5 Å². The van der Waals surface area contributed by atoms with Crippen molar-refractivity contribution in [3.63, 3.8) is 0 Å². The average molecular weight is 411 g/mol. The fraction of sp³-hybridized carbons (Fsp3) is 0.565. The zero-order chi connectivity index (χ0) is 20.6. The van der Waals surface area contributed by atoms with Crippen molar-refractivity contribution < 1.29 is 4.52 Å². The molecule has 0 aliphatic carbocycles. The Morgan fingerprint density at radius 3 is 2.37 bits per heavy atom. The van der Waals surface area contributed by atoms with E-state index in [9.17, 15) is 0 Å². The molecule has 0 spiro atoms. The van der Waals surface area contributed by atoms with Gasteiger partial charge < -0.3 is 14.7 Å². The maximum atomic E-state index is 4.95. The first-order valence-corrected chi connectivity index (χ1v) is 11.2. The molecule has 0 amide bonds. The molecule has 4 rings (SSSR count). The van der Waals surface area contributed by atoms with E-state index in [1.807, 2.05) is 13.1 Å². The number of guanidine groups is 1. The van der Waals surface area contributed by atoms with Crippen LogP contribution in [0.2, 0.25) is 0 Å². The van der Waals surface area contributed by atoms with Crippen molar-refractivity contribution in [1.29, 1.82) is 0 Å². The highest BCUT2D eigenvalue weighted by Gasteiger charge is 2.20. The molecule has 30 heavy (non-hydrogen) atoms. The zero-order valence-corrected chi connectivity index (χ0v) is 18.1. The SMILES string of the molecule is CN=C(NCc1ccccc1CN1CCCCC1)N1CCN(Cc2ccon2)CC1. The summed E-state index contributed by atoms with van der Waals surface area (Å²) < 4.78 is 4.95. The molecular weight excluding hydrogens is 376 g/mol. The normalized spacial score (nSPS) is 19.2. The highest BCUT2D eigenvalue weighted by molar-refractivity contribution is 5.80. The van der Waals surface area contributed by atoms with Crippen molar-refractivity contribution in [3.05, 3.63) is 53.4 Å². The number of nitrogens with one attached hydrogen (secondary N) is 1. The van der Waals surface area contributed by atoms with Crippen LogP contribution in [0.25, 0.3) is 0 Å². The molecule has 3 heterocycles. The number of likely N-dealkylation sites (tertiary alicyclic amines) is 1. The molecule has 1 aromatic carbocycles. The third-order valence-electron chi connectivity index (χ3n) is 6.16. The van der Waals surface area contributed by atoms with Gasteiger partial charge in [0.05, 0.1) is 5.69 Å². The molecule has 2 aliphatic heterocycles. The summed E-state index contributed by atoms with van der Waals surface area (Å²) in [6, 6.07) is 10.8. The van der Waals surface area contributed by atoms with Crippen LogP contribution in [0, 0.1) is 0 Å². The van der Waals surface area contributed by atoms with Crippen LogP contribution in [0.4, 0.5) is 0 Å². The second-order valence-electron chi connectivity index (χ2n) is 8.26. The van der Waals surface area contributed by atoms with Gasteiger partial charge in [0.25, 0.3) is 0 Å². The molecule has 2 aliphatic rings. The number of nitrogens with zero attached hydrogens (tertiary/aromatic N) is 5. The molecule has 0 radical (unpaired) electrons. The fourth-order valence-corrected chi connectivity index (χ4v) is 4.42. The van der Waals surface area contributed by atoms with E-state index in [1.54, 1.807) is 6.26 Å². The molecule has 2 aromatic rings. The Kier molecular flexibility index (Phi) is 7.37. The maximum absolute atomic E-state index is 4.95. The van der Waals surface area contributed by atoms with Gasteiger partial charge in [0, 0.05) is 58.9 Å². The van der Waals surface area contributed by atoms with Gasteiger partial charge in [-0.3, -0.25) is 14.8 Å². The number of hydrogen-bond donors (Lipinski definition) is 1. The van der Waals surface area contributed by atoms with Gasteiger partial charge in [0.15, 0.2) is 5.96 Å². The Bertz CT molecular complexity index is 792. The van der Waals surface area contributed by atoms with Crippen molar-refractivity contribution in [1.82, 2.24) is 25.2 Å². The number of aromatic nitrogens is 1. The molecule has 0 unspecified atom stereocenters. The lowest BCUT2D eigenvalue weighted by Crippen LogP contribution is -2.52. The predicted octanol–water partition coefficient (Wildman–Crippen LogP) is 2.55. The molecule has 0 saturated carbocycles. The summed E-state index contributed by atoms with van der Waals surface area (Å²) in [5.74, 6) is 0.990. The number of piperazine rings is 1. The van der Waals surface area contributed by atoms with Crippen LogP contribution < -0.4 is 5.32 Å². The Morgan fingerprint density at radius 2 is 1.67 bits per heavy atom. The van der Waals surface area contributed by atoms with Gasteiger partial charge in [0.1, 0.15) is 6.26 Å². The van der Waals surface area contributed by atoms with Crippen LogP contribution in [0.15, 0.2) is 46.1 Å². The van der Waals surface area contributed by atoms with Gasteiger partial charge in [-0.05, 0) is 37.1 Å². The van der Waals surface area contributed by atoms with Crippen LogP contribution in [0.1, 0.15) is 36.1 Å². The maximum Gasteiger partial charge on any atom is 0.194 e. The first kappa shape index (κ1) is 20.9. The van der Waals surface area contributed by atoms with Crippen LogP contribution in [-0.4, -0.2) is 72.1 Å². The molecular formula is C23H34N6O. The molecule has 1 N–H and O–H groups in total. The largest absolute Gasteiger partial charge is 0.364 e. The molecule has 2 saturated heterocycles. The summed E-state index contributed by atoms with van der Waals surface area (Å²) in [5.41, 5.74) is 3.80. The molecule has 162 valence electrons. The van der Waals surface area contributed by atoms with Crippen molar-refractivity contribution >= 4 is 5.96 Å². The van der Waals surface area contributed by atoms with Crippen molar-refractivity contribution in [3.8, 4) is 0 Å². The Balaban J connectivity index is 1.29. The summed E-state index contributed by atoms with van der Waals surface area (Å²) >= 11 is 0. The van der Waals surface area contributed by atoms with Crippen LogP contribution in [-0.2, 0) is 19.6 Å². The Hall–Kier alpha value is -2.38. The first-order chi connectivity index (χ1) is 14.8. The number of hydrogen-bond acceptors (Lipinski definition) is 5. The third-order valence-corrected chi connectivity index (χ3v) is 6.16. The molecule has 0 bridgehead atoms. The fourth-order valence-electron chi connectivity index (χ4n) is 4.42. The quantitative estimate of drug-likeness (QED) is 0.583. The van der Waals surface area contributed by atoms with E-state index in [2.05, 4.69) is 54.4 Å². The van der Waals surface area contributed by atoms with E-state index >= 15 is 0 Å². The monoisotopic (exact) mass is 410 g/mol. The van der Waals surface area contributed by atoms with Gasteiger partial charge in [-0.25, -0.2) is 0 Å². The number of aliphatic imine (C=N–C) groups is 1. The summed E-state index contributed by atoms with van der Waals surface area (Å²) in [5, 5.41) is 7.63. The lowest BCUT2D eigenvalue weighted by molar-refractivity contribution is 0.169.